The topological polar surface area (TPSA) is 33.4 Å². The van der Waals surface area contributed by atoms with Crippen LogP contribution in [-0.4, -0.2) is 5.11 Å². The first-order chi connectivity index (χ1) is 8.13. The summed E-state index contributed by atoms with van der Waals surface area (Å²) in [5.41, 5.74) is 1.35. The molecule has 2 nitrogen and oxygen atoms in total. The molecule has 17 heavy (non-hydrogen) atoms. The number of rotatable bonds is 2. The molecule has 0 spiro atoms. The van der Waals surface area contributed by atoms with Crippen LogP contribution in [0.25, 0.3) is 11.0 Å². The van der Waals surface area contributed by atoms with Crippen molar-refractivity contribution in [3.05, 3.63) is 35.3 Å². The van der Waals surface area contributed by atoms with Crippen molar-refractivity contribution in [3.8, 4) is 11.8 Å². The second-order valence-electron chi connectivity index (χ2n) is 3.88. The number of aryl methyl sites for hydroxylation is 1. The van der Waals surface area contributed by atoms with Gasteiger partial charge in [-0.05, 0) is 32.0 Å². The SMILES string of the molecule is CC#CCC(O)c1oc2ccc(F)cc2c1C. The maximum Gasteiger partial charge on any atom is 0.137 e. The highest BCUT2D eigenvalue weighted by Crippen LogP contribution is 2.31. The molecule has 0 amide bonds. The van der Waals surface area contributed by atoms with E-state index in [1.807, 2.05) is 6.92 Å². The highest BCUT2D eigenvalue weighted by atomic mass is 19.1. The normalized spacial score (nSPS) is 12.2. The van der Waals surface area contributed by atoms with E-state index >= 15 is 0 Å². The third kappa shape index (κ3) is 2.17. The first-order valence-corrected chi connectivity index (χ1v) is 5.39. The van der Waals surface area contributed by atoms with Crippen molar-refractivity contribution in [3.63, 3.8) is 0 Å². The molecule has 1 N–H and O–H groups in total. The molecule has 0 saturated heterocycles. The van der Waals surface area contributed by atoms with Crippen LogP contribution in [0, 0.1) is 24.6 Å². The first-order valence-electron chi connectivity index (χ1n) is 5.39. The minimum absolute atomic E-state index is 0.309. The molecule has 3 heteroatoms. The molecule has 0 bridgehead atoms. The van der Waals surface area contributed by atoms with Crippen LogP contribution in [0.1, 0.15) is 30.8 Å². The zero-order valence-corrected chi connectivity index (χ0v) is 9.75. The van der Waals surface area contributed by atoms with E-state index in [2.05, 4.69) is 11.8 Å². The van der Waals surface area contributed by atoms with Crippen molar-refractivity contribution >= 4 is 11.0 Å². The summed E-state index contributed by atoms with van der Waals surface area (Å²) < 4.78 is 18.6. The van der Waals surface area contributed by atoms with Crippen LogP contribution in [0.3, 0.4) is 0 Å². The van der Waals surface area contributed by atoms with Crippen LogP contribution in [0.5, 0.6) is 0 Å². The molecule has 0 fully saturated rings. The summed E-state index contributed by atoms with van der Waals surface area (Å²) in [6, 6.07) is 4.32. The fraction of sp³-hybridized carbons (Fsp3) is 0.286. The van der Waals surface area contributed by atoms with Crippen molar-refractivity contribution < 1.29 is 13.9 Å². The van der Waals surface area contributed by atoms with Crippen molar-refractivity contribution in [2.24, 2.45) is 0 Å². The second-order valence-corrected chi connectivity index (χ2v) is 3.88. The average Bonchev–Trinajstić information content (AvgIpc) is 2.64. The third-order valence-electron chi connectivity index (χ3n) is 2.71. The van der Waals surface area contributed by atoms with Gasteiger partial charge < -0.3 is 9.52 Å². The van der Waals surface area contributed by atoms with Crippen LogP contribution in [0.2, 0.25) is 0 Å². The molecule has 2 rings (SSSR count). The van der Waals surface area contributed by atoms with E-state index in [1.54, 1.807) is 13.0 Å². The van der Waals surface area contributed by atoms with Crippen molar-refractivity contribution in [2.75, 3.05) is 0 Å². The molecule has 1 aromatic heterocycles. The summed E-state index contributed by atoms with van der Waals surface area (Å²) in [5.74, 6) is 5.67. The molecule has 0 radical (unpaired) electrons. The molecule has 0 aliphatic carbocycles. The van der Waals surface area contributed by atoms with Crippen LogP contribution < -0.4 is 0 Å². The Kier molecular flexibility index (Phi) is 3.16. The Morgan fingerprint density at radius 3 is 2.94 bits per heavy atom. The summed E-state index contributed by atoms with van der Waals surface area (Å²) in [5, 5.41) is 10.6. The van der Waals surface area contributed by atoms with Gasteiger partial charge in [0.15, 0.2) is 0 Å². The quantitative estimate of drug-likeness (QED) is 0.806. The maximum atomic E-state index is 13.1. The Morgan fingerprint density at radius 2 is 2.24 bits per heavy atom. The van der Waals surface area contributed by atoms with Crippen LogP contribution in [-0.2, 0) is 0 Å². The van der Waals surface area contributed by atoms with Crippen LogP contribution in [0.15, 0.2) is 22.6 Å². The fourth-order valence-corrected chi connectivity index (χ4v) is 1.82. The molecular formula is C14H13FO2. The van der Waals surface area contributed by atoms with Crippen molar-refractivity contribution in [1.82, 2.24) is 0 Å². The van der Waals surface area contributed by atoms with Gasteiger partial charge in [-0.1, -0.05) is 0 Å². The molecule has 2 aromatic rings. The lowest BCUT2D eigenvalue weighted by Crippen LogP contribution is -1.95. The molecule has 0 saturated carbocycles. The van der Waals surface area contributed by atoms with Gasteiger partial charge in [0.1, 0.15) is 23.3 Å². The van der Waals surface area contributed by atoms with Gasteiger partial charge >= 0.3 is 0 Å². The van der Waals surface area contributed by atoms with Gasteiger partial charge in [0, 0.05) is 17.4 Å². The predicted octanol–water partition coefficient (Wildman–Crippen LogP) is 3.33. The zero-order chi connectivity index (χ0) is 12.4. The average molecular weight is 232 g/mol. The molecule has 88 valence electrons. The molecule has 0 aliphatic rings. The Balaban J connectivity index is 2.47. The summed E-state index contributed by atoms with van der Waals surface area (Å²) in [6.07, 6.45) is -0.447. The lowest BCUT2D eigenvalue weighted by molar-refractivity contribution is 0.157. The highest BCUT2D eigenvalue weighted by molar-refractivity contribution is 5.82. The van der Waals surface area contributed by atoms with Crippen LogP contribution in [0.4, 0.5) is 4.39 Å². The minimum Gasteiger partial charge on any atom is -0.458 e. The Bertz CT molecular complexity index is 602. The lowest BCUT2D eigenvalue weighted by atomic mass is 10.1. The highest BCUT2D eigenvalue weighted by Gasteiger charge is 2.17. The number of aliphatic hydroxyl groups is 1. The molecular weight excluding hydrogens is 219 g/mol. The largest absolute Gasteiger partial charge is 0.458 e. The van der Waals surface area contributed by atoms with E-state index < -0.39 is 6.10 Å². The zero-order valence-electron chi connectivity index (χ0n) is 9.75. The van der Waals surface area contributed by atoms with E-state index in [9.17, 15) is 9.50 Å². The van der Waals surface area contributed by atoms with E-state index in [-0.39, 0.29) is 5.82 Å². The van der Waals surface area contributed by atoms with Gasteiger partial charge in [0.2, 0.25) is 0 Å². The number of halogens is 1. The van der Waals surface area contributed by atoms with E-state index in [0.29, 0.717) is 23.2 Å². The predicted molar refractivity (Wildman–Crippen MR) is 63.9 cm³/mol. The first kappa shape index (κ1) is 11.7. The molecule has 1 atom stereocenters. The van der Waals surface area contributed by atoms with Gasteiger partial charge in [0.05, 0.1) is 0 Å². The Labute approximate surface area is 99.1 Å². The lowest BCUT2D eigenvalue weighted by Gasteiger charge is -2.03. The number of benzene rings is 1. The molecule has 1 unspecified atom stereocenters. The maximum absolute atomic E-state index is 13.1. The molecule has 0 aliphatic heterocycles. The third-order valence-corrected chi connectivity index (χ3v) is 2.71. The number of fused-ring (bicyclic) bond motifs is 1. The van der Waals surface area contributed by atoms with Gasteiger partial charge in [-0.25, -0.2) is 4.39 Å². The standard InChI is InChI=1S/C14H13FO2/c1-3-4-5-12(16)14-9(2)11-8-10(15)6-7-13(11)17-14/h6-8,12,16H,5H2,1-2H3. The van der Waals surface area contributed by atoms with Crippen molar-refractivity contribution in [2.45, 2.75) is 26.4 Å². The number of aliphatic hydroxyl groups excluding tert-OH is 1. The summed E-state index contributed by atoms with van der Waals surface area (Å²) in [4.78, 5) is 0. The minimum atomic E-state index is -0.766. The van der Waals surface area contributed by atoms with Gasteiger partial charge in [0.25, 0.3) is 0 Å². The molecule has 1 heterocycles. The van der Waals surface area contributed by atoms with E-state index in [4.69, 9.17) is 4.42 Å². The number of furan rings is 1. The Hall–Kier alpha value is -1.79. The number of hydrogen-bond acceptors (Lipinski definition) is 2. The smallest absolute Gasteiger partial charge is 0.137 e. The van der Waals surface area contributed by atoms with Gasteiger partial charge in [-0.15, -0.1) is 11.8 Å². The Morgan fingerprint density at radius 1 is 1.47 bits per heavy atom. The summed E-state index contributed by atoms with van der Waals surface area (Å²) >= 11 is 0. The fourth-order valence-electron chi connectivity index (χ4n) is 1.82. The monoisotopic (exact) mass is 232 g/mol. The van der Waals surface area contributed by atoms with Crippen LogP contribution >= 0.6 is 0 Å². The van der Waals surface area contributed by atoms with E-state index in [1.165, 1.54) is 12.1 Å². The van der Waals surface area contributed by atoms with Gasteiger partial charge in [-0.3, -0.25) is 0 Å². The molecule has 1 aromatic carbocycles. The summed E-state index contributed by atoms with van der Waals surface area (Å²) in [6.45, 7) is 3.52. The number of hydrogen-bond donors (Lipinski definition) is 1. The van der Waals surface area contributed by atoms with E-state index in [0.717, 1.165) is 5.56 Å². The van der Waals surface area contributed by atoms with Gasteiger partial charge in [-0.2, -0.15) is 0 Å². The van der Waals surface area contributed by atoms with Crippen molar-refractivity contribution in [1.29, 1.82) is 0 Å². The summed E-state index contributed by atoms with van der Waals surface area (Å²) in [7, 11) is 0. The second kappa shape index (κ2) is 4.60.